The zero-order valence-electron chi connectivity index (χ0n) is 18.9. The minimum Gasteiger partial charge on any atom is -0.368 e. The summed E-state index contributed by atoms with van der Waals surface area (Å²) in [6.07, 6.45) is 0. The van der Waals surface area contributed by atoms with Crippen molar-refractivity contribution >= 4 is 22.5 Å². The number of nitrogens with zero attached hydrogens (tertiary/aromatic N) is 3. The second-order valence-electron chi connectivity index (χ2n) is 8.62. The summed E-state index contributed by atoms with van der Waals surface area (Å²) in [6, 6.07) is 22.5. The highest BCUT2D eigenvalue weighted by atomic mass is 19.1. The Bertz CT molecular complexity index is 1340. The van der Waals surface area contributed by atoms with Gasteiger partial charge in [0, 0.05) is 42.8 Å². The van der Waals surface area contributed by atoms with Crippen molar-refractivity contribution in [2.45, 2.75) is 13.8 Å². The fourth-order valence-electron chi connectivity index (χ4n) is 4.56. The van der Waals surface area contributed by atoms with Gasteiger partial charge in [0.1, 0.15) is 5.82 Å². The molecule has 2 heterocycles. The van der Waals surface area contributed by atoms with E-state index < -0.39 is 0 Å². The van der Waals surface area contributed by atoms with Gasteiger partial charge in [-0.25, -0.2) is 9.37 Å². The average Bonchev–Trinajstić information content (AvgIpc) is 2.84. The van der Waals surface area contributed by atoms with Crippen LogP contribution in [0.1, 0.15) is 21.5 Å². The van der Waals surface area contributed by atoms with Crippen LogP contribution in [0.15, 0.2) is 72.8 Å². The maximum absolute atomic E-state index is 14.5. The van der Waals surface area contributed by atoms with Crippen molar-refractivity contribution in [2.24, 2.45) is 0 Å². The summed E-state index contributed by atoms with van der Waals surface area (Å²) in [6.45, 7) is 6.94. The van der Waals surface area contributed by atoms with Crippen molar-refractivity contribution in [3.8, 4) is 11.3 Å². The van der Waals surface area contributed by atoms with Crippen LogP contribution >= 0.6 is 0 Å². The van der Waals surface area contributed by atoms with E-state index in [1.807, 2.05) is 36.1 Å². The van der Waals surface area contributed by atoms with E-state index in [2.05, 4.69) is 35.0 Å². The molecule has 0 aliphatic carbocycles. The van der Waals surface area contributed by atoms with Crippen molar-refractivity contribution in [3.05, 3.63) is 95.3 Å². The van der Waals surface area contributed by atoms with E-state index in [0.717, 1.165) is 24.0 Å². The van der Waals surface area contributed by atoms with Crippen molar-refractivity contribution in [1.29, 1.82) is 0 Å². The molecule has 1 saturated heterocycles. The van der Waals surface area contributed by atoms with E-state index in [0.29, 0.717) is 35.4 Å². The third kappa shape index (κ3) is 4.07. The number of piperazine rings is 1. The highest BCUT2D eigenvalue weighted by Crippen LogP contribution is 2.29. The minimum absolute atomic E-state index is 0.0324. The van der Waals surface area contributed by atoms with Gasteiger partial charge in [-0.05, 0) is 55.8 Å². The predicted octanol–water partition coefficient (Wildman–Crippen LogP) is 5.62. The Hall–Kier alpha value is -3.73. The average molecular weight is 440 g/mol. The zero-order chi connectivity index (χ0) is 22.9. The molecule has 0 bridgehead atoms. The summed E-state index contributed by atoms with van der Waals surface area (Å²) in [5.74, 6) is -0.378. The third-order valence-electron chi connectivity index (χ3n) is 6.37. The lowest BCUT2D eigenvalue weighted by molar-refractivity contribution is 0.0748. The number of anilines is 1. The minimum atomic E-state index is -0.346. The van der Waals surface area contributed by atoms with Crippen LogP contribution in [-0.4, -0.2) is 42.0 Å². The number of hydrogen-bond donors (Lipinski definition) is 0. The first-order chi connectivity index (χ1) is 16.0. The molecule has 4 aromatic rings. The van der Waals surface area contributed by atoms with Crippen LogP contribution in [0.2, 0.25) is 0 Å². The number of rotatable bonds is 3. The van der Waals surface area contributed by atoms with Gasteiger partial charge in [-0.1, -0.05) is 42.0 Å². The number of benzene rings is 3. The van der Waals surface area contributed by atoms with E-state index in [-0.39, 0.29) is 11.7 Å². The van der Waals surface area contributed by atoms with Gasteiger partial charge < -0.3 is 9.80 Å². The fourth-order valence-corrected chi connectivity index (χ4v) is 4.56. The maximum Gasteiger partial charge on any atom is 0.254 e. The maximum atomic E-state index is 14.5. The largest absolute Gasteiger partial charge is 0.368 e. The van der Waals surface area contributed by atoms with Gasteiger partial charge >= 0.3 is 0 Å². The normalized spacial score (nSPS) is 14.0. The summed E-state index contributed by atoms with van der Waals surface area (Å²) in [4.78, 5) is 22.6. The van der Waals surface area contributed by atoms with E-state index in [4.69, 9.17) is 0 Å². The van der Waals surface area contributed by atoms with Crippen LogP contribution in [0.25, 0.3) is 22.2 Å². The number of aryl methyl sites for hydroxylation is 2. The van der Waals surface area contributed by atoms with E-state index >= 15 is 0 Å². The van der Waals surface area contributed by atoms with Crippen LogP contribution < -0.4 is 4.90 Å². The molecular formula is C28H26FN3O. The van der Waals surface area contributed by atoms with E-state index in [1.165, 1.54) is 17.3 Å². The second kappa shape index (κ2) is 8.66. The summed E-state index contributed by atoms with van der Waals surface area (Å²) in [5, 5.41) is 0.807. The first-order valence-electron chi connectivity index (χ1n) is 11.3. The summed E-state index contributed by atoms with van der Waals surface area (Å²) in [7, 11) is 0. The van der Waals surface area contributed by atoms with Crippen LogP contribution in [-0.2, 0) is 0 Å². The van der Waals surface area contributed by atoms with Crippen molar-refractivity contribution < 1.29 is 9.18 Å². The molecule has 0 spiro atoms. The SMILES string of the molecule is Cc1ccc2nc(-c3ccccc3F)cc(C(=O)N3CCN(c4ccccc4C)CC3)c2c1. The molecule has 1 amide bonds. The standard InChI is InChI=1S/C28H26FN3O/c1-19-11-12-25-22(17-19)23(18-26(30-25)21-8-4-5-9-24(21)29)28(33)32-15-13-31(14-16-32)27-10-6-3-7-20(27)2/h3-12,17-18H,13-16H2,1-2H3. The number of carbonyl (C=O) groups is 1. The molecule has 3 aromatic carbocycles. The predicted molar refractivity (Wildman–Crippen MR) is 131 cm³/mol. The van der Waals surface area contributed by atoms with Crippen LogP contribution in [0, 0.1) is 19.7 Å². The van der Waals surface area contributed by atoms with Gasteiger partial charge in [0.2, 0.25) is 0 Å². The number of hydrogen-bond acceptors (Lipinski definition) is 3. The fraction of sp³-hybridized carbons (Fsp3) is 0.214. The number of fused-ring (bicyclic) bond motifs is 1. The number of carbonyl (C=O) groups excluding carboxylic acids is 1. The molecule has 0 unspecified atom stereocenters. The molecule has 33 heavy (non-hydrogen) atoms. The lowest BCUT2D eigenvalue weighted by Gasteiger charge is -2.37. The molecule has 0 atom stereocenters. The highest BCUT2D eigenvalue weighted by Gasteiger charge is 2.25. The van der Waals surface area contributed by atoms with E-state index in [9.17, 15) is 9.18 Å². The molecule has 0 radical (unpaired) electrons. The topological polar surface area (TPSA) is 36.4 Å². The zero-order valence-corrected chi connectivity index (χ0v) is 18.9. The summed E-state index contributed by atoms with van der Waals surface area (Å²) in [5.41, 5.74) is 5.67. The molecule has 5 rings (SSSR count). The molecule has 1 aliphatic rings. The molecule has 1 fully saturated rings. The van der Waals surface area contributed by atoms with Crippen LogP contribution in [0.5, 0.6) is 0 Å². The number of amides is 1. The first-order valence-corrected chi connectivity index (χ1v) is 11.3. The van der Waals surface area contributed by atoms with Crippen LogP contribution in [0.3, 0.4) is 0 Å². The summed E-state index contributed by atoms with van der Waals surface area (Å²) < 4.78 is 14.5. The molecule has 4 nitrogen and oxygen atoms in total. The van der Waals surface area contributed by atoms with Crippen molar-refractivity contribution in [1.82, 2.24) is 9.88 Å². The third-order valence-corrected chi connectivity index (χ3v) is 6.37. The molecule has 5 heteroatoms. The Balaban J connectivity index is 1.49. The molecule has 166 valence electrons. The van der Waals surface area contributed by atoms with Crippen molar-refractivity contribution in [3.63, 3.8) is 0 Å². The Kier molecular flexibility index (Phi) is 5.55. The smallest absolute Gasteiger partial charge is 0.254 e. The first kappa shape index (κ1) is 21.1. The lowest BCUT2D eigenvalue weighted by atomic mass is 10.0. The monoisotopic (exact) mass is 439 g/mol. The Labute approximate surface area is 193 Å². The van der Waals surface area contributed by atoms with Crippen molar-refractivity contribution in [2.75, 3.05) is 31.1 Å². The molecular weight excluding hydrogens is 413 g/mol. The van der Waals surface area contributed by atoms with Gasteiger partial charge in [-0.3, -0.25) is 4.79 Å². The van der Waals surface area contributed by atoms with Gasteiger partial charge in [-0.15, -0.1) is 0 Å². The number of pyridine rings is 1. The molecule has 0 saturated carbocycles. The number of para-hydroxylation sites is 1. The highest BCUT2D eigenvalue weighted by molar-refractivity contribution is 6.07. The summed E-state index contributed by atoms with van der Waals surface area (Å²) >= 11 is 0. The Morgan fingerprint density at radius 3 is 2.36 bits per heavy atom. The number of aromatic nitrogens is 1. The Morgan fingerprint density at radius 1 is 0.879 bits per heavy atom. The molecule has 0 N–H and O–H groups in total. The Morgan fingerprint density at radius 2 is 1.61 bits per heavy atom. The van der Waals surface area contributed by atoms with Gasteiger partial charge in [0.05, 0.1) is 16.8 Å². The van der Waals surface area contributed by atoms with Gasteiger partial charge in [0.25, 0.3) is 5.91 Å². The second-order valence-corrected chi connectivity index (χ2v) is 8.62. The van der Waals surface area contributed by atoms with Crippen LogP contribution in [0.4, 0.5) is 10.1 Å². The molecule has 1 aliphatic heterocycles. The lowest BCUT2D eigenvalue weighted by Crippen LogP contribution is -2.49. The van der Waals surface area contributed by atoms with Gasteiger partial charge in [0.15, 0.2) is 0 Å². The number of halogens is 1. The van der Waals surface area contributed by atoms with E-state index in [1.54, 1.807) is 24.3 Å². The van der Waals surface area contributed by atoms with Gasteiger partial charge in [-0.2, -0.15) is 0 Å². The quantitative estimate of drug-likeness (QED) is 0.416. The molecule has 1 aromatic heterocycles.